The molecule has 0 amide bonds. The number of hydrogen-bond acceptors (Lipinski definition) is 4. The van der Waals surface area contributed by atoms with Gasteiger partial charge in [-0.1, -0.05) is 24.3 Å². The zero-order valence-electron chi connectivity index (χ0n) is 11.4. The number of aliphatic carboxylic acids is 2. The lowest BCUT2D eigenvalue weighted by atomic mass is 10.2. The Hall–Kier alpha value is -1.14. The van der Waals surface area contributed by atoms with Gasteiger partial charge < -0.3 is 10.2 Å². The summed E-state index contributed by atoms with van der Waals surface area (Å²) in [7, 11) is 0. The predicted molar refractivity (Wildman–Crippen MR) is 83.2 cm³/mol. The Kier molecular flexibility index (Phi) is 6.95. The fraction of sp³-hybridized carbons (Fsp3) is 0.429. The van der Waals surface area contributed by atoms with Crippen molar-refractivity contribution in [1.82, 2.24) is 0 Å². The molecule has 0 saturated carbocycles. The molecule has 0 aliphatic heterocycles. The van der Waals surface area contributed by atoms with Crippen molar-refractivity contribution in [1.29, 1.82) is 0 Å². The van der Waals surface area contributed by atoms with E-state index in [-0.39, 0.29) is 0 Å². The highest BCUT2D eigenvalue weighted by molar-refractivity contribution is 8.00. The van der Waals surface area contributed by atoms with Crippen LogP contribution in [0.5, 0.6) is 0 Å². The topological polar surface area (TPSA) is 74.6 Å². The van der Waals surface area contributed by atoms with Gasteiger partial charge in [0.25, 0.3) is 0 Å². The second-order valence-electron chi connectivity index (χ2n) is 4.40. The molecule has 2 N–H and O–H groups in total. The summed E-state index contributed by atoms with van der Waals surface area (Å²) in [5.74, 6) is -0.282. The molecule has 0 fully saturated rings. The van der Waals surface area contributed by atoms with Crippen LogP contribution < -0.4 is 0 Å². The van der Waals surface area contributed by atoms with Crippen LogP contribution in [0.1, 0.15) is 25.0 Å². The van der Waals surface area contributed by atoms with E-state index in [2.05, 4.69) is 0 Å². The van der Waals surface area contributed by atoms with Crippen LogP contribution in [0.15, 0.2) is 24.3 Å². The molecule has 0 bridgehead atoms. The van der Waals surface area contributed by atoms with E-state index < -0.39 is 22.4 Å². The van der Waals surface area contributed by atoms with Gasteiger partial charge in [-0.25, -0.2) is 0 Å². The molecule has 0 unspecified atom stereocenters. The summed E-state index contributed by atoms with van der Waals surface area (Å²) in [6, 6.07) is 7.84. The molecule has 0 radical (unpaired) electrons. The maximum absolute atomic E-state index is 10.7. The molecule has 4 nitrogen and oxygen atoms in total. The third kappa shape index (κ3) is 5.88. The summed E-state index contributed by atoms with van der Waals surface area (Å²) in [4.78, 5) is 21.4. The van der Waals surface area contributed by atoms with E-state index in [1.807, 2.05) is 24.3 Å². The maximum atomic E-state index is 10.7. The third-order valence-electron chi connectivity index (χ3n) is 2.72. The molecule has 0 spiro atoms. The minimum atomic E-state index is -0.800. The number of hydrogen-bond donors (Lipinski definition) is 2. The standard InChI is InChI=1S/C14H18O4S2/c1-9(13(15)16)19-7-11-3-5-12(6-4-11)8-20-10(2)14(17)18/h3-6,9-10H,7-8H2,1-2H3,(H,15,16)(H,17,18)/t9-,10-/m0/s1. The maximum Gasteiger partial charge on any atom is 0.316 e. The van der Waals surface area contributed by atoms with Gasteiger partial charge in [-0.05, 0) is 25.0 Å². The average Bonchev–Trinajstić information content (AvgIpc) is 2.42. The van der Waals surface area contributed by atoms with Crippen LogP contribution >= 0.6 is 23.5 Å². The van der Waals surface area contributed by atoms with Crippen molar-refractivity contribution in [2.24, 2.45) is 0 Å². The molecular formula is C14H18O4S2. The van der Waals surface area contributed by atoms with Crippen molar-refractivity contribution in [3.63, 3.8) is 0 Å². The average molecular weight is 314 g/mol. The summed E-state index contributed by atoms with van der Waals surface area (Å²) in [5, 5.41) is 16.8. The lowest BCUT2D eigenvalue weighted by Crippen LogP contribution is -2.11. The monoisotopic (exact) mass is 314 g/mol. The van der Waals surface area contributed by atoms with Crippen molar-refractivity contribution in [2.75, 3.05) is 0 Å². The Morgan fingerprint density at radius 1 is 0.900 bits per heavy atom. The van der Waals surface area contributed by atoms with E-state index in [4.69, 9.17) is 10.2 Å². The Balaban J connectivity index is 2.44. The highest BCUT2D eigenvalue weighted by Crippen LogP contribution is 2.21. The summed E-state index contributed by atoms with van der Waals surface area (Å²) >= 11 is 2.77. The molecule has 1 rings (SSSR count). The summed E-state index contributed by atoms with van der Waals surface area (Å²) in [6.07, 6.45) is 0. The molecule has 1 aromatic carbocycles. The number of thioether (sulfide) groups is 2. The number of carboxylic acid groups (broad SMARTS) is 2. The Bertz CT molecular complexity index is 416. The van der Waals surface area contributed by atoms with E-state index in [9.17, 15) is 9.59 Å². The van der Waals surface area contributed by atoms with Crippen molar-refractivity contribution in [3.05, 3.63) is 35.4 Å². The molecule has 1 aromatic rings. The smallest absolute Gasteiger partial charge is 0.316 e. The molecule has 0 aliphatic rings. The highest BCUT2D eigenvalue weighted by atomic mass is 32.2. The molecule has 2 atom stereocenters. The summed E-state index contributed by atoms with van der Waals surface area (Å²) in [5.41, 5.74) is 2.14. The van der Waals surface area contributed by atoms with Crippen LogP contribution in [0.3, 0.4) is 0 Å². The lowest BCUT2D eigenvalue weighted by molar-refractivity contribution is -0.137. The van der Waals surface area contributed by atoms with E-state index in [0.717, 1.165) is 11.1 Å². The third-order valence-corrected chi connectivity index (χ3v) is 5.12. The quantitative estimate of drug-likeness (QED) is 0.768. The number of benzene rings is 1. The summed E-state index contributed by atoms with van der Waals surface area (Å²) in [6.45, 7) is 3.34. The van der Waals surface area contributed by atoms with Crippen molar-refractivity contribution < 1.29 is 19.8 Å². The summed E-state index contributed by atoms with van der Waals surface area (Å²) < 4.78 is 0. The van der Waals surface area contributed by atoms with Crippen molar-refractivity contribution in [3.8, 4) is 0 Å². The molecule has 6 heteroatoms. The molecule has 0 aromatic heterocycles. The molecular weight excluding hydrogens is 296 g/mol. The van der Waals surface area contributed by atoms with Crippen LogP contribution in [0.2, 0.25) is 0 Å². The molecule has 110 valence electrons. The first-order chi connectivity index (χ1) is 9.40. The van der Waals surface area contributed by atoms with Crippen LogP contribution in [-0.4, -0.2) is 32.7 Å². The van der Waals surface area contributed by atoms with Gasteiger partial charge in [0, 0.05) is 11.5 Å². The highest BCUT2D eigenvalue weighted by Gasteiger charge is 2.12. The van der Waals surface area contributed by atoms with Gasteiger partial charge >= 0.3 is 11.9 Å². The first kappa shape index (κ1) is 16.9. The SMILES string of the molecule is C[C@H](SCc1ccc(CS[C@@H](C)C(=O)O)cc1)C(=O)O. The fourth-order valence-electron chi connectivity index (χ4n) is 1.32. The Labute approximate surface area is 127 Å². The minimum absolute atomic E-state index is 0.415. The van der Waals surface area contributed by atoms with Gasteiger partial charge in [0.05, 0.1) is 10.5 Å². The fourth-order valence-corrected chi connectivity index (χ4v) is 2.87. The molecule has 0 aliphatic carbocycles. The van der Waals surface area contributed by atoms with Gasteiger partial charge in [-0.15, -0.1) is 23.5 Å². The van der Waals surface area contributed by atoms with E-state index in [1.54, 1.807) is 13.8 Å². The van der Waals surface area contributed by atoms with Gasteiger partial charge in [0.15, 0.2) is 0 Å². The zero-order valence-corrected chi connectivity index (χ0v) is 13.0. The minimum Gasteiger partial charge on any atom is -0.480 e. The van der Waals surface area contributed by atoms with Crippen molar-refractivity contribution >= 4 is 35.5 Å². The van der Waals surface area contributed by atoms with Crippen LogP contribution in [0, 0.1) is 0 Å². The second kappa shape index (κ2) is 8.21. The van der Waals surface area contributed by atoms with E-state index >= 15 is 0 Å². The van der Waals surface area contributed by atoms with Gasteiger partial charge in [-0.3, -0.25) is 9.59 Å². The number of rotatable bonds is 8. The van der Waals surface area contributed by atoms with Crippen LogP contribution in [0.4, 0.5) is 0 Å². The zero-order chi connectivity index (χ0) is 15.1. The molecule has 0 heterocycles. The Morgan fingerprint density at radius 3 is 1.45 bits per heavy atom. The lowest BCUT2D eigenvalue weighted by Gasteiger charge is -2.08. The second-order valence-corrected chi connectivity index (χ2v) is 7.06. The molecule has 20 heavy (non-hydrogen) atoms. The molecule has 0 saturated heterocycles. The predicted octanol–water partition coefficient (Wildman–Crippen LogP) is 3.10. The van der Waals surface area contributed by atoms with Crippen LogP contribution in [-0.2, 0) is 21.1 Å². The van der Waals surface area contributed by atoms with Gasteiger partial charge in [0.1, 0.15) is 0 Å². The van der Waals surface area contributed by atoms with Crippen LogP contribution in [0.25, 0.3) is 0 Å². The van der Waals surface area contributed by atoms with Gasteiger partial charge in [-0.2, -0.15) is 0 Å². The first-order valence-corrected chi connectivity index (χ1v) is 8.26. The van der Waals surface area contributed by atoms with Gasteiger partial charge in [0.2, 0.25) is 0 Å². The number of carbonyl (C=O) groups is 2. The normalized spacial score (nSPS) is 13.7. The van der Waals surface area contributed by atoms with E-state index in [0.29, 0.717) is 11.5 Å². The Morgan fingerprint density at radius 2 is 1.20 bits per heavy atom. The largest absolute Gasteiger partial charge is 0.480 e. The van der Waals surface area contributed by atoms with Crippen molar-refractivity contribution in [2.45, 2.75) is 35.9 Å². The number of carboxylic acids is 2. The first-order valence-electron chi connectivity index (χ1n) is 6.16. The van der Waals surface area contributed by atoms with E-state index in [1.165, 1.54) is 23.5 Å².